The molecule has 1 unspecified atom stereocenters. The molecule has 1 aromatic carbocycles. The predicted molar refractivity (Wildman–Crippen MR) is 135 cm³/mol. The van der Waals surface area contributed by atoms with E-state index < -0.39 is 0 Å². The van der Waals surface area contributed by atoms with Crippen LogP contribution in [0.5, 0.6) is 0 Å². The Bertz CT molecular complexity index is 1240. The molecular formula is C30H36N2O2. The lowest BCUT2D eigenvalue weighted by molar-refractivity contribution is -0.869. The van der Waals surface area contributed by atoms with Crippen molar-refractivity contribution in [1.29, 1.82) is 0 Å². The van der Waals surface area contributed by atoms with Crippen LogP contribution in [0.4, 0.5) is 0 Å². The molecule has 1 aromatic heterocycles. The number of quaternary nitrogens is 1. The van der Waals surface area contributed by atoms with Gasteiger partial charge in [0.05, 0.1) is 31.3 Å². The highest BCUT2D eigenvalue weighted by atomic mass is 16.5. The smallest absolute Gasteiger partial charge is 0.0975 e. The van der Waals surface area contributed by atoms with Crippen molar-refractivity contribution in [3.05, 3.63) is 70.7 Å². The summed E-state index contributed by atoms with van der Waals surface area (Å²) in [6.45, 7) is 2.53. The number of aromatic nitrogens is 1. The van der Waals surface area contributed by atoms with Crippen LogP contribution < -0.4 is 0 Å². The van der Waals surface area contributed by atoms with Gasteiger partial charge in [-0.2, -0.15) is 0 Å². The highest BCUT2D eigenvalue weighted by Gasteiger charge is 2.67. The van der Waals surface area contributed by atoms with E-state index in [4.69, 9.17) is 4.74 Å². The number of hydrogen-bond donors (Lipinski definition) is 0. The van der Waals surface area contributed by atoms with E-state index in [9.17, 15) is 5.21 Å². The lowest BCUT2D eigenvalue weighted by Crippen LogP contribution is -2.56. The van der Waals surface area contributed by atoms with Crippen LogP contribution >= 0.6 is 0 Å². The molecule has 2 saturated carbocycles. The molecule has 2 aliphatic heterocycles. The molecule has 34 heavy (non-hydrogen) atoms. The topological polar surface area (TPSA) is 45.2 Å². The maximum atomic E-state index is 12.9. The molecule has 6 atom stereocenters. The van der Waals surface area contributed by atoms with E-state index in [2.05, 4.69) is 48.3 Å². The molecular weight excluding hydrogens is 420 g/mol. The number of rotatable bonds is 2. The Morgan fingerprint density at radius 3 is 2.82 bits per heavy atom. The van der Waals surface area contributed by atoms with E-state index in [1.165, 1.54) is 40.3 Å². The summed E-state index contributed by atoms with van der Waals surface area (Å²) in [6, 6.07) is 9.24. The third kappa shape index (κ3) is 2.74. The van der Waals surface area contributed by atoms with Gasteiger partial charge in [-0.3, -0.25) is 4.98 Å². The van der Waals surface area contributed by atoms with Crippen LogP contribution in [0.15, 0.2) is 60.0 Å². The van der Waals surface area contributed by atoms with Gasteiger partial charge in [-0.1, -0.05) is 31.2 Å². The van der Waals surface area contributed by atoms with E-state index in [0.717, 1.165) is 38.5 Å². The quantitative estimate of drug-likeness (QED) is 0.387. The Hall–Kier alpha value is -2.01. The van der Waals surface area contributed by atoms with Gasteiger partial charge in [0, 0.05) is 30.6 Å². The van der Waals surface area contributed by atoms with Crippen LogP contribution in [-0.4, -0.2) is 41.0 Å². The monoisotopic (exact) mass is 456 g/mol. The van der Waals surface area contributed by atoms with Crippen LogP contribution in [0.1, 0.15) is 69.8 Å². The van der Waals surface area contributed by atoms with Gasteiger partial charge in [-0.15, -0.1) is 0 Å². The number of benzene rings is 1. The van der Waals surface area contributed by atoms with Crippen molar-refractivity contribution in [3.8, 4) is 0 Å². The van der Waals surface area contributed by atoms with Gasteiger partial charge in [0.1, 0.15) is 0 Å². The first-order chi connectivity index (χ1) is 16.2. The largest absolute Gasteiger partial charge is 0.633 e. The Kier molecular flexibility index (Phi) is 4.26. The molecule has 4 heteroatoms. The molecule has 3 heterocycles. The normalized spacial score (nSPS) is 40.9. The second-order valence-electron chi connectivity index (χ2n) is 12.5. The minimum absolute atomic E-state index is 0.135. The molecule has 2 bridgehead atoms. The molecule has 0 N–H and O–H groups in total. The summed E-state index contributed by atoms with van der Waals surface area (Å²) >= 11 is 0. The predicted octanol–water partition coefficient (Wildman–Crippen LogP) is 6.42. The van der Waals surface area contributed by atoms with Gasteiger partial charge in [-0.25, -0.2) is 0 Å². The van der Waals surface area contributed by atoms with Crippen molar-refractivity contribution in [2.75, 3.05) is 14.1 Å². The van der Waals surface area contributed by atoms with Crippen molar-refractivity contribution < 1.29 is 9.38 Å². The van der Waals surface area contributed by atoms with Crippen LogP contribution in [-0.2, 0) is 4.74 Å². The summed E-state index contributed by atoms with van der Waals surface area (Å²) in [4.78, 5) is 4.36. The molecule has 3 fully saturated rings. The lowest BCUT2D eigenvalue weighted by Gasteiger charge is -2.55. The van der Waals surface area contributed by atoms with Crippen LogP contribution in [0, 0.1) is 16.5 Å². The van der Waals surface area contributed by atoms with Crippen LogP contribution in [0.25, 0.3) is 10.8 Å². The highest BCUT2D eigenvalue weighted by Crippen LogP contribution is 2.69. The van der Waals surface area contributed by atoms with E-state index in [1.54, 1.807) is 0 Å². The second kappa shape index (κ2) is 6.81. The Morgan fingerprint density at radius 2 is 1.97 bits per heavy atom. The number of pyridine rings is 1. The highest BCUT2D eigenvalue weighted by molar-refractivity contribution is 5.82. The van der Waals surface area contributed by atoms with Gasteiger partial charge >= 0.3 is 0 Å². The zero-order valence-electron chi connectivity index (χ0n) is 20.7. The van der Waals surface area contributed by atoms with Gasteiger partial charge in [0.25, 0.3) is 0 Å². The molecule has 2 aromatic rings. The molecule has 1 saturated heterocycles. The number of nitrogens with zero attached hydrogens (tertiary/aromatic N) is 2. The second-order valence-corrected chi connectivity index (χ2v) is 12.5. The SMILES string of the molecule is C[C@]12CC=C3C=C4CC[C@@H]([N+](C)(C)[O-])C[C@]45CCC3(O5)[C@@H]1CC[C@@H]2c1ccc2ccncc2c1. The number of hydrogen-bond acceptors (Lipinski definition) is 3. The number of ether oxygens (including phenoxy) is 1. The summed E-state index contributed by atoms with van der Waals surface area (Å²) in [5, 5.41) is 15.4. The number of fused-ring (bicyclic) bond motifs is 2. The maximum Gasteiger partial charge on any atom is 0.0975 e. The van der Waals surface area contributed by atoms with Gasteiger partial charge in [0.15, 0.2) is 0 Å². The first-order valence-corrected chi connectivity index (χ1v) is 13.2. The average Bonchev–Trinajstić information content (AvgIpc) is 3.33. The van der Waals surface area contributed by atoms with Gasteiger partial charge in [-0.05, 0) is 90.0 Å². The van der Waals surface area contributed by atoms with Crippen molar-refractivity contribution in [1.82, 2.24) is 4.98 Å². The first kappa shape index (κ1) is 21.3. The zero-order chi connectivity index (χ0) is 23.3. The Balaban J connectivity index is 1.27. The van der Waals surface area contributed by atoms with E-state index >= 15 is 0 Å². The first-order valence-electron chi connectivity index (χ1n) is 13.2. The van der Waals surface area contributed by atoms with Crippen molar-refractivity contribution in [3.63, 3.8) is 0 Å². The minimum Gasteiger partial charge on any atom is -0.633 e. The maximum absolute atomic E-state index is 12.9. The summed E-state index contributed by atoms with van der Waals surface area (Å²) in [7, 11) is 3.63. The summed E-state index contributed by atoms with van der Waals surface area (Å²) in [5.74, 6) is 1.07. The summed E-state index contributed by atoms with van der Waals surface area (Å²) in [6.07, 6.45) is 17.5. The van der Waals surface area contributed by atoms with Crippen LogP contribution in [0.3, 0.4) is 0 Å². The van der Waals surface area contributed by atoms with Gasteiger partial charge < -0.3 is 14.6 Å². The fourth-order valence-corrected chi connectivity index (χ4v) is 8.78. The molecule has 3 aliphatic carbocycles. The minimum atomic E-state index is -0.203. The zero-order valence-corrected chi connectivity index (χ0v) is 20.7. The molecule has 178 valence electrons. The molecule has 0 radical (unpaired) electrons. The average molecular weight is 457 g/mol. The van der Waals surface area contributed by atoms with E-state index in [0.29, 0.717) is 11.8 Å². The lowest BCUT2D eigenvalue weighted by atomic mass is 9.58. The molecule has 2 spiro atoms. The summed E-state index contributed by atoms with van der Waals surface area (Å²) in [5.41, 5.74) is 4.21. The number of allylic oxidation sites excluding steroid dienone is 1. The molecule has 5 aliphatic rings. The number of hydroxylamine groups is 3. The Morgan fingerprint density at radius 1 is 1.09 bits per heavy atom. The van der Waals surface area contributed by atoms with Crippen LogP contribution in [0.2, 0.25) is 0 Å². The van der Waals surface area contributed by atoms with E-state index in [-0.39, 0.29) is 27.3 Å². The van der Waals surface area contributed by atoms with Crippen molar-refractivity contribution >= 4 is 10.8 Å². The van der Waals surface area contributed by atoms with Gasteiger partial charge in [0.2, 0.25) is 0 Å². The molecule has 7 rings (SSSR count). The third-order valence-corrected chi connectivity index (χ3v) is 10.6. The van der Waals surface area contributed by atoms with Crippen molar-refractivity contribution in [2.45, 2.75) is 81.5 Å². The summed E-state index contributed by atoms with van der Waals surface area (Å²) < 4.78 is 7.14. The molecule has 0 amide bonds. The van der Waals surface area contributed by atoms with Crippen molar-refractivity contribution in [2.24, 2.45) is 11.3 Å². The Labute approximate surface area is 202 Å². The third-order valence-electron chi connectivity index (χ3n) is 10.6. The fraction of sp³-hybridized carbons (Fsp3) is 0.567. The fourth-order valence-electron chi connectivity index (χ4n) is 8.78. The van der Waals surface area contributed by atoms with E-state index in [1.807, 2.05) is 26.5 Å². The standard InChI is InChI=1S/C30H36N2O2/c1-28-12-10-24-17-23-6-7-25(32(2,3)33)18-29(23)13-14-30(24,34-29)27(28)9-8-26(28)21-5-4-20-11-15-31-19-22(20)16-21/h4-5,10-11,15-17,19,25-27H,6-9,12-14,18H2,1-3H3/t25-,26-,27-,28-,29-,30?/m1/s1. The molecule has 4 nitrogen and oxygen atoms in total.